The summed E-state index contributed by atoms with van der Waals surface area (Å²) in [6.07, 6.45) is 6.71. The number of aromatic nitrogens is 2. The number of hydrogen-bond donors (Lipinski definition) is 3. The molecule has 1 heterocycles. The highest BCUT2D eigenvalue weighted by atomic mass is 32.1. The van der Waals surface area contributed by atoms with E-state index in [9.17, 15) is 4.79 Å². The Morgan fingerprint density at radius 3 is 2.88 bits per heavy atom. The first kappa shape index (κ1) is 12.0. The maximum absolute atomic E-state index is 12.0. The van der Waals surface area contributed by atoms with Gasteiger partial charge in [0, 0.05) is 25.4 Å². The van der Waals surface area contributed by atoms with E-state index in [0.717, 1.165) is 25.1 Å². The van der Waals surface area contributed by atoms with Gasteiger partial charge in [-0.05, 0) is 12.8 Å². The predicted octanol–water partition coefficient (Wildman–Crippen LogP) is 0.525. The highest BCUT2D eigenvalue weighted by molar-refractivity contribution is 7.80. The Bertz CT molecular complexity index is 411. The molecule has 1 fully saturated rings. The summed E-state index contributed by atoms with van der Waals surface area (Å²) in [7, 11) is 0. The minimum absolute atomic E-state index is 0.0391. The van der Waals surface area contributed by atoms with Crippen LogP contribution in [0.4, 0.5) is 0 Å². The molecule has 1 aromatic rings. The number of imidazole rings is 1. The number of nitrogens with zero attached hydrogens (tertiary/aromatic N) is 1. The highest BCUT2D eigenvalue weighted by Crippen LogP contribution is 2.41. The molecule has 0 radical (unpaired) electrons. The first-order valence-corrected chi connectivity index (χ1v) is 6.12. The molecule has 0 spiro atoms. The van der Waals surface area contributed by atoms with Gasteiger partial charge in [-0.3, -0.25) is 4.79 Å². The van der Waals surface area contributed by atoms with Gasteiger partial charge in [0.15, 0.2) is 0 Å². The van der Waals surface area contributed by atoms with Crippen molar-refractivity contribution in [2.75, 3.05) is 6.54 Å². The van der Waals surface area contributed by atoms with Crippen molar-refractivity contribution in [3.63, 3.8) is 0 Å². The molecular weight excluding hydrogens is 236 g/mol. The first-order chi connectivity index (χ1) is 8.15. The summed E-state index contributed by atoms with van der Waals surface area (Å²) in [5.41, 5.74) is 5.07. The number of amides is 1. The van der Waals surface area contributed by atoms with Crippen molar-refractivity contribution >= 4 is 23.1 Å². The minimum atomic E-state index is -0.585. The molecule has 0 aliphatic heterocycles. The van der Waals surface area contributed by atoms with Crippen molar-refractivity contribution in [3.8, 4) is 0 Å². The molecule has 0 aromatic carbocycles. The summed E-state index contributed by atoms with van der Waals surface area (Å²) in [6.45, 7) is 0.552. The van der Waals surface area contributed by atoms with E-state index >= 15 is 0 Å². The number of hydrogen-bond acceptors (Lipinski definition) is 3. The van der Waals surface area contributed by atoms with Crippen molar-refractivity contribution < 1.29 is 4.79 Å². The zero-order chi connectivity index (χ0) is 12.3. The maximum atomic E-state index is 12.0. The van der Waals surface area contributed by atoms with Gasteiger partial charge in [0.1, 0.15) is 5.82 Å². The fourth-order valence-electron chi connectivity index (χ4n) is 2.01. The van der Waals surface area contributed by atoms with Gasteiger partial charge >= 0.3 is 0 Å². The number of H-pyrrole nitrogens is 1. The molecule has 0 unspecified atom stereocenters. The molecule has 0 bridgehead atoms. The number of carbonyl (C=O) groups is 1. The van der Waals surface area contributed by atoms with E-state index in [1.165, 1.54) is 0 Å². The third kappa shape index (κ3) is 2.31. The summed E-state index contributed by atoms with van der Waals surface area (Å²) in [4.78, 5) is 19.4. The Morgan fingerprint density at radius 2 is 2.41 bits per heavy atom. The SMILES string of the molecule is NC(=S)C1(C(=O)NCCc2ncc[nH]2)CCC1. The van der Waals surface area contributed by atoms with Crippen LogP contribution in [0.15, 0.2) is 12.4 Å². The van der Waals surface area contributed by atoms with E-state index in [-0.39, 0.29) is 5.91 Å². The quantitative estimate of drug-likeness (QED) is 0.667. The minimum Gasteiger partial charge on any atom is -0.392 e. The molecule has 1 aliphatic carbocycles. The molecule has 17 heavy (non-hydrogen) atoms. The molecule has 2 rings (SSSR count). The van der Waals surface area contributed by atoms with Crippen LogP contribution in [0.25, 0.3) is 0 Å². The zero-order valence-electron chi connectivity index (χ0n) is 9.53. The summed E-state index contributed by atoms with van der Waals surface area (Å²) < 4.78 is 0. The molecule has 1 saturated carbocycles. The molecule has 6 heteroatoms. The van der Waals surface area contributed by atoms with Gasteiger partial charge < -0.3 is 16.0 Å². The largest absolute Gasteiger partial charge is 0.392 e. The Balaban J connectivity index is 1.83. The molecule has 1 aliphatic rings. The molecule has 0 atom stereocenters. The van der Waals surface area contributed by atoms with Gasteiger partial charge in [0.05, 0.1) is 10.4 Å². The predicted molar refractivity (Wildman–Crippen MR) is 68.4 cm³/mol. The average molecular weight is 252 g/mol. The van der Waals surface area contributed by atoms with E-state index in [4.69, 9.17) is 18.0 Å². The van der Waals surface area contributed by atoms with Crippen LogP contribution in [0.3, 0.4) is 0 Å². The number of thiocarbonyl (C=S) groups is 1. The van der Waals surface area contributed by atoms with Crippen molar-refractivity contribution in [1.82, 2.24) is 15.3 Å². The maximum Gasteiger partial charge on any atom is 0.233 e. The molecule has 0 saturated heterocycles. The first-order valence-electron chi connectivity index (χ1n) is 5.71. The van der Waals surface area contributed by atoms with Gasteiger partial charge in [0.25, 0.3) is 0 Å². The van der Waals surface area contributed by atoms with Crippen molar-refractivity contribution in [2.45, 2.75) is 25.7 Å². The van der Waals surface area contributed by atoms with Crippen LogP contribution in [-0.4, -0.2) is 27.4 Å². The number of carbonyl (C=O) groups excluding carboxylic acids is 1. The normalized spacial score (nSPS) is 17.2. The monoisotopic (exact) mass is 252 g/mol. The van der Waals surface area contributed by atoms with E-state index in [1.54, 1.807) is 12.4 Å². The van der Waals surface area contributed by atoms with Crippen LogP contribution >= 0.6 is 12.2 Å². The third-order valence-corrected chi connectivity index (χ3v) is 3.71. The fourth-order valence-corrected chi connectivity index (χ4v) is 2.31. The summed E-state index contributed by atoms with van der Waals surface area (Å²) >= 11 is 4.99. The van der Waals surface area contributed by atoms with E-state index in [2.05, 4.69) is 15.3 Å². The molecule has 1 aromatic heterocycles. The third-order valence-electron chi connectivity index (χ3n) is 3.32. The van der Waals surface area contributed by atoms with Crippen LogP contribution in [0.5, 0.6) is 0 Å². The van der Waals surface area contributed by atoms with Crippen LogP contribution in [0, 0.1) is 5.41 Å². The molecule has 1 amide bonds. The Morgan fingerprint density at radius 1 is 1.65 bits per heavy atom. The van der Waals surface area contributed by atoms with E-state index in [1.807, 2.05) is 0 Å². The van der Waals surface area contributed by atoms with Gasteiger partial charge in [-0.25, -0.2) is 4.98 Å². The molecule has 5 nitrogen and oxygen atoms in total. The van der Waals surface area contributed by atoms with Crippen molar-refractivity contribution in [2.24, 2.45) is 11.1 Å². The second-order valence-electron chi connectivity index (χ2n) is 4.34. The van der Waals surface area contributed by atoms with Crippen LogP contribution in [-0.2, 0) is 11.2 Å². The lowest BCUT2D eigenvalue weighted by Gasteiger charge is -2.39. The summed E-state index contributed by atoms with van der Waals surface area (Å²) in [5.74, 6) is 0.825. The van der Waals surface area contributed by atoms with Gasteiger partial charge in [-0.2, -0.15) is 0 Å². The number of rotatable bonds is 5. The Kier molecular flexibility index (Phi) is 3.42. The number of nitrogens with one attached hydrogen (secondary N) is 2. The lowest BCUT2D eigenvalue weighted by atomic mass is 9.68. The zero-order valence-corrected chi connectivity index (χ0v) is 10.3. The standard InChI is InChI=1S/C11H16N4OS/c12-9(17)11(3-1-4-11)10(16)15-5-2-8-13-6-7-14-8/h6-7H,1-5H2,(H2,12,17)(H,13,14)(H,15,16). The average Bonchev–Trinajstić information content (AvgIpc) is 2.67. The highest BCUT2D eigenvalue weighted by Gasteiger charge is 2.46. The van der Waals surface area contributed by atoms with Crippen molar-refractivity contribution in [1.29, 1.82) is 0 Å². The smallest absolute Gasteiger partial charge is 0.233 e. The fraction of sp³-hybridized carbons (Fsp3) is 0.545. The number of nitrogens with two attached hydrogens (primary N) is 1. The molecular formula is C11H16N4OS. The lowest BCUT2D eigenvalue weighted by molar-refractivity contribution is -0.130. The van der Waals surface area contributed by atoms with E-state index in [0.29, 0.717) is 18.0 Å². The van der Waals surface area contributed by atoms with Gasteiger partial charge in [0.2, 0.25) is 5.91 Å². The second-order valence-corrected chi connectivity index (χ2v) is 4.78. The van der Waals surface area contributed by atoms with Crippen LogP contribution < -0.4 is 11.1 Å². The second kappa shape index (κ2) is 4.83. The topological polar surface area (TPSA) is 83.8 Å². The number of aromatic amines is 1. The Labute approximate surface area is 105 Å². The molecule has 4 N–H and O–H groups in total. The van der Waals surface area contributed by atoms with Crippen LogP contribution in [0.1, 0.15) is 25.1 Å². The van der Waals surface area contributed by atoms with Gasteiger partial charge in [-0.1, -0.05) is 18.6 Å². The summed E-state index contributed by atoms with van der Waals surface area (Å²) in [6, 6.07) is 0. The van der Waals surface area contributed by atoms with Crippen LogP contribution in [0.2, 0.25) is 0 Å². The summed E-state index contributed by atoms with van der Waals surface area (Å²) in [5, 5.41) is 2.88. The molecule has 92 valence electrons. The van der Waals surface area contributed by atoms with Crippen molar-refractivity contribution in [3.05, 3.63) is 18.2 Å². The lowest BCUT2D eigenvalue weighted by Crippen LogP contribution is -2.53. The van der Waals surface area contributed by atoms with Gasteiger partial charge in [-0.15, -0.1) is 0 Å². The van der Waals surface area contributed by atoms with E-state index < -0.39 is 5.41 Å². The Hall–Kier alpha value is -1.43.